The van der Waals surface area contributed by atoms with Crippen molar-refractivity contribution in [1.82, 2.24) is 5.01 Å². The number of ketones is 1. The van der Waals surface area contributed by atoms with E-state index in [1.807, 2.05) is 35.3 Å². The molecule has 8 nitrogen and oxygen atoms in total. The molecule has 0 radical (unpaired) electrons. The van der Waals surface area contributed by atoms with E-state index in [4.69, 9.17) is 15.2 Å². The van der Waals surface area contributed by atoms with E-state index in [2.05, 4.69) is 5.10 Å². The molecule has 0 saturated carbocycles. The summed E-state index contributed by atoms with van der Waals surface area (Å²) in [6, 6.07) is 13.0. The largest absolute Gasteiger partial charge is 0.481 e. The van der Waals surface area contributed by atoms with Crippen LogP contribution in [0.1, 0.15) is 51.9 Å². The van der Waals surface area contributed by atoms with Crippen LogP contribution in [0.5, 0.6) is 0 Å². The van der Waals surface area contributed by atoms with E-state index in [9.17, 15) is 14.7 Å². The highest BCUT2D eigenvalue weighted by Gasteiger charge is 2.42. The maximum Gasteiger partial charge on any atom is 0.303 e. The van der Waals surface area contributed by atoms with Gasteiger partial charge in [-0.15, -0.1) is 0 Å². The SMILES string of the molecule is COCCC1(N)c2cc(C(=O)c3ccc(C=NN4CCOCC4)cc3)ccc2CCC1CC(=O)O. The molecule has 0 amide bonds. The number of ether oxygens (including phenoxy) is 2. The van der Waals surface area contributed by atoms with Crippen LogP contribution in [-0.2, 0) is 26.2 Å². The van der Waals surface area contributed by atoms with Crippen LogP contribution in [0.3, 0.4) is 0 Å². The minimum atomic E-state index is -0.866. The molecule has 2 aromatic rings. The van der Waals surface area contributed by atoms with Crippen LogP contribution in [0.25, 0.3) is 0 Å². The summed E-state index contributed by atoms with van der Waals surface area (Å²) in [5.41, 5.74) is 9.98. The molecule has 8 heteroatoms. The summed E-state index contributed by atoms with van der Waals surface area (Å²) in [6.45, 7) is 3.31. The standard InChI is InChI=1S/C27H33N3O5/c1-34-13-10-27(28)23(17-25(31)32)9-8-20-6-7-22(16-24(20)27)26(33)21-4-2-19(3-5-21)18-29-30-11-14-35-15-12-30/h2-7,16,18,23H,8-15,17,28H2,1H3,(H,31,32). The van der Waals surface area contributed by atoms with Crippen LogP contribution in [0.4, 0.5) is 0 Å². The Labute approximate surface area is 205 Å². The molecule has 1 saturated heterocycles. The molecule has 1 aliphatic carbocycles. The molecule has 4 rings (SSSR count). The zero-order chi connectivity index (χ0) is 24.8. The lowest BCUT2D eigenvalue weighted by Crippen LogP contribution is -2.49. The zero-order valence-electron chi connectivity index (χ0n) is 20.1. The van der Waals surface area contributed by atoms with Crippen LogP contribution in [-0.4, -0.2) is 68.1 Å². The number of nitrogens with zero attached hydrogens (tertiary/aromatic N) is 2. The van der Waals surface area contributed by atoms with Gasteiger partial charge in [0.25, 0.3) is 0 Å². The Morgan fingerprint density at radius 2 is 1.91 bits per heavy atom. The highest BCUT2D eigenvalue weighted by Crippen LogP contribution is 2.42. The Morgan fingerprint density at radius 3 is 2.60 bits per heavy atom. The smallest absolute Gasteiger partial charge is 0.303 e. The zero-order valence-corrected chi connectivity index (χ0v) is 20.1. The highest BCUT2D eigenvalue weighted by atomic mass is 16.5. The number of carbonyl (C=O) groups is 2. The van der Waals surface area contributed by atoms with Crippen molar-refractivity contribution in [3.05, 3.63) is 70.3 Å². The molecule has 2 aromatic carbocycles. The highest BCUT2D eigenvalue weighted by molar-refractivity contribution is 6.09. The second-order valence-electron chi connectivity index (χ2n) is 9.25. The van der Waals surface area contributed by atoms with E-state index in [-0.39, 0.29) is 18.1 Å². The van der Waals surface area contributed by atoms with Gasteiger partial charge in [0.15, 0.2) is 5.78 Å². The monoisotopic (exact) mass is 479 g/mol. The number of methoxy groups -OCH3 is 1. The van der Waals surface area contributed by atoms with E-state index in [1.54, 1.807) is 25.5 Å². The van der Waals surface area contributed by atoms with Crippen molar-refractivity contribution in [3.8, 4) is 0 Å². The third-order valence-corrected chi connectivity index (χ3v) is 7.04. The first kappa shape index (κ1) is 25.0. The number of hydrazone groups is 1. The second kappa shape index (κ2) is 11.1. The molecule has 0 bridgehead atoms. The van der Waals surface area contributed by atoms with Gasteiger partial charge in [-0.25, -0.2) is 0 Å². The number of hydrogen-bond donors (Lipinski definition) is 2. The quantitative estimate of drug-likeness (QED) is 0.420. The van der Waals surface area contributed by atoms with Gasteiger partial charge in [-0.1, -0.05) is 36.4 Å². The number of carboxylic acids is 1. The molecule has 1 fully saturated rings. The van der Waals surface area contributed by atoms with Gasteiger partial charge >= 0.3 is 5.97 Å². The van der Waals surface area contributed by atoms with Crippen molar-refractivity contribution in [2.24, 2.45) is 16.8 Å². The van der Waals surface area contributed by atoms with Gasteiger partial charge in [0.05, 0.1) is 38.9 Å². The second-order valence-corrected chi connectivity index (χ2v) is 9.25. The maximum absolute atomic E-state index is 13.3. The Kier molecular flexibility index (Phi) is 7.95. The number of aryl methyl sites for hydroxylation is 1. The lowest BCUT2D eigenvalue weighted by atomic mass is 9.66. The molecule has 35 heavy (non-hydrogen) atoms. The van der Waals surface area contributed by atoms with E-state index < -0.39 is 11.5 Å². The molecule has 2 atom stereocenters. The van der Waals surface area contributed by atoms with Crippen molar-refractivity contribution < 1.29 is 24.2 Å². The van der Waals surface area contributed by atoms with E-state index in [0.717, 1.165) is 36.2 Å². The first-order valence-electron chi connectivity index (χ1n) is 12.0. The maximum atomic E-state index is 13.3. The van der Waals surface area contributed by atoms with Crippen LogP contribution >= 0.6 is 0 Å². The summed E-state index contributed by atoms with van der Waals surface area (Å²) in [7, 11) is 1.61. The van der Waals surface area contributed by atoms with Gasteiger partial charge in [0.2, 0.25) is 0 Å². The minimum Gasteiger partial charge on any atom is -0.481 e. The average molecular weight is 480 g/mol. The van der Waals surface area contributed by atoms with Crippen LogP contribution in [0.2, 0.25) is 0 Å². The Balaban J connectivity index is 1.55. The molecule has 3 N–H and O–H groups in total. The molecule has 2 aliphatic rings. The van der Waals surface area contributed by atoms with Gasteiger partial charge < -0.3 is 20.3 Å². The normalized spacial score (nSPS) is 22.2. The van der Waals surface area contributed by atoms with Gasteiger partial charge in [0, 0.05) is 30.4 Å². The van der Waals surface area contributed by atoms with Crippen LogP contribution < -0.4 is 5.73 Å². The van der Waals surface area contributed by atoms with Crippen molar-refractivity contribution in [3.63, 3.8) is 0 Å². The summed E-state index contributed by atoms with van der Waals surface area (Å²) in [6.07, 6.45) is 3.71. The fourth-order valence-corrected chi connectivity index (χ4v) is 4.99. The lowest BCUT2D eigenvalue weighted by Gasteiger charge is -2.42. The van der Waals surface area contributed by atoms with Gasteiger partial charge in [0.1, 0.15) is 0 Å². The molecule has 0 spiro atoms. The number of morpholine rings is 1. The first-order valence-corrected chi connectivity index (χ1v) is 12.0. The summed E-state index contributed by atoms with van der Waals surface area (Å²) in [5, 5.41) is 15.9. The Bertz CT molecular complexity index is 1080. The first-order chi connectivity index (χ1) is 16.9. The number of carbonyl (C=O) groups excluding carboxylic acids is 1. The van der Waals surface area contributed by atoms with E-state index in [0.29, 0.717) is 43.8 Å². The van der Waals surface area contributed by atoms with E-state index >= 15 is 0 Å². The van der Waals surface area contributed by atoms with E-state index in [1.165, 1.54) is 0 Å². The fourth-order valence-electron chi connectivity index (χ4n) is 4.99. The number of rotatable bonds is 9. The lowest BCUT2D eigenvalue weighted by molar-refractivity contribution is -0.139. The average Bonchev–Trinajstić information content (AvgIpc) is 2.88. The fraction of sp³-hybridized carbons (Fsp3) is 0.444. The van der Waals surface area contributed by atoms with Crippen molar-refractivity contribution in [2.45, 2.75) is 31.2 Å². The summed E-state index contributed by atoms with van der Waals surface area (Å²) < 4.78 is 10.6. The Hall–Kier alpha value is -3.07. The van der Waals surface area contributed by atoms with Crippen molar-refractivity contribution in [1.29, 1.82) is 0 Å². The molecular formula is C27H33N3O5. The number of nitrogens with two attached hydrogens (primary N) is 1. The third-order valence-electron chi connectivity index (χ3n) is 7.04. The number of carboxylic acid groups (broad SMARTS) is 1. The summed E-state index contributed by atoms with van der Waals surface area (Å²) in [5.74, 6) is -1.19. The number of aliphatic carboxylic acids is 1. The molecule has 1 aliphatic heterocycles. The topological polar surface area (TPSA) is 114 Å². The predicted octanol–water partition coefficient (Wildman–Crippen LogP) is 2.81. The number of fused-ring (bicyclic) bond motifs is 1. The third kappa shape index (κ3) is 5.78. The number of benzene rings is 2. The number of hydrogen-bond acceptors (Lipinski definition) is 7. The van der Waals surface area contributed by atoms with Gasteiger partial charge in [-0.3, -0.25) is 14.6 Å². The van der Waals surface area contributed by atoms with Crippen LogP contribution in [0, 0.1) is 5.92 Å². The molecule has 2 unspecified atom stereocenters. The van der Waals surface area contributed by atoms with Crippen LogP contribution in [0.15, 0.2) is 47.6 Å². The molecule has 0 aromatic heterocycles. The molecular weight excluding hydrogens is 446 g/mol. The molecule has 1 heterocycles. The Morgan fingerprint density at radius 1 is 1.20 bits per heavy atom. The molecule has 186 valence electrons. The summed E-state index contributed by atoms with van der Waals surface area (Å²) in [4.78, 5) is 24.8. The summed E-state index contributed by atoms with van der Waals surface area (Å²) >= 11 is 0. The predicted molar refractivity (Wildman–Crippen MR) is 133 cm³/mol. The van der Waals surface area contributed by atoms with Crippen molar-refractivity contribution in [2.75, 3.05) is 40.0 Å². The van der Waals surface area contributed by atoms with Gasteiger partial charge in [-0.05, 0) is 47.9 Å². The van der Waals surface area contributed by atoms with Crippen molar-refractivity contribution >= 4 is 18.0 Å². The minimum absolute atomic E-state index is 0.00863. The van der Waals surface area contributed by atoms with Gasteiger partial charge in [-0.2, -0.15) is 5.10 Å².